The molecule has 0 aliphatic carbocycles. The first kappa shape index (κ1) is 16.5. The maximum absolute atomic E-state index is 12.9. The number of benzene rings is 2. The maximum Gasteiger partial charge on any atom is 0.237 e. The molecule has 4 rings (SSSR count). The fraction of sp³-hybridized carbons (Fsp3) is 0.111. The fourth-order valence-corrected chi connectivity index (χ4v) is 3.26. The van der Waals surface area contributed by atoms with Crippen molar-refractivity contribution < 1.29 is 9.18 Å². The fourth-order valence-electron chi connectivity index (χ4n) is 2.54. The Morgan fingerprint density at radius 1 is 1.15 bits per heavy atom. The Bertz CT molecular complexity index is 1100. The van der Waals surface area contributed by atoms with Crippen molar-refractivity contribution >= 4 is 45.4 Å². The second kappa shape index (κ2) is 6.72. The highest BCUT2D eigenvalue weighted by molar-refractivity contribution is 8.00. The van der Waals surface area contributed by atoms with Crippen LogP contribution in [0.4, 0.5) is 10.1 Å². The number of rotatable bonds is 4. The normalized spacial score (nSPS) is 12.4. The molecule has 0 fully saturated rings. The molecule has 2 N–H and O–H groups in total. The Balaban J connectivity index is 1.51. The van der Waals surface area contributed by atoms with Crippen molar-refractivity contribution in [3.05, 3.63) is 54.3 Å². The van der Waals surface area contributed by atoms with E-state index in [1.54, 1.807) is 6.92 Å². The van der Waals surface area contributed by atoms with Crippen LogP contribution in [-0.2, 0) is 4.79 Å². The van der Waals surface area contributed by atoms with Crippen LogP contribution in [0.2, 0.25) is 0 Å². The third-order valence-electron chi connectivity index (χ3n) is 3.87. The van der Waals surface area contributed by atoms with Gasteiger partial charge in [-0.05, 0) is 37.3 Å². The number of halogens is 1. The predicted octanol–water partition coefficient (Wildman–Crippen LogP) is 3.76. The highest BCUT2D eigenvalue weighted by atomic mass is 32.2. The molecule has 2 aromatic carbocycles. The number of aromatic nitrogens is 4. The maximum atomic E-state index is 12.9. The lowest BCUT2D eigenvalue weighted by Gasteiger charge is -2.10. The molecule has 4 aromatic rings. The Morgan fingerprint density at radius 2 is 1.92 bits per heavy atom. The van der Waals surface area contributed by atoms with E-state index >= 15 is 0 Å². The second-order valence-electron chi connectivity index (χ2n) is 5.72. The van der Waals surface area contributed by atoms with E-state index in [1.165, 1.54) is 36.0 Å². The van der Waals surface area contributed by atoms with E-state index in [4.69, 9.17) is 0 Å². The van der Waals surface area contributed by atoms with Crippen LogP contribution in [-0.4, -0.2) is 31.3 Å². The summed E-state index contributed by atoms with van der Waals surface area (Å²) in [6.07, 6.45) is 0. The van der Waals surface area contributed by atoms with Gasteiger partial charge in [0.05, 0.1) is 5.25 Å². The van der Waals surface area contributed by atoms with Crippen molar-refractivity contribution in [3.8, 4) is 0 Å². The molecule has 1 unspecified atom stereocenters. The van der Waals surface area contributed by atoms with E-state index in [0.717, 1.165) is 10.9 Å². The Morgan fingerprint density at radius 3 is 2.73 bits per heavy atom. The molecule has 0 aliphatic rings. The number of amides is 1. The number of fused-ring (bicyclic) bond motifs is 3. The van der Waals surface area contributed by atoms with Crippen LogP contribution in [0.1, 0.15) is 6.92 Å². The molecule has 1 atom stereocenters. The molecule has 0 spiro atoms. The number of aromatic amines is 1. The van der Waals surface area contributed by atoms with E-state index in [2.05, 4.69) is 25.5 Å². The molecule has 0 saturated carbocycles. The van der Waals surface area contributed by atoms with Crippen LogP contribution >= 0.6 is 11.8 Å². The molecule has 1 amide bonds. The second-order valence-corrected chi connectivity index (χ2v) is 7.03. The minimum absolute atomic E-state index is 0.220. The van der Waals surface area contributed by atoms with Gasteiger partial charge in [0, 0.05) is 16.6 Å². The average Bonchev–Trinajstić information content (AvgIpc) is 3.01. The van der Waals surface area contributed by atoms with E-state index < -0.39 is 5.25 Å². The molecule has 8 heteroatoms. The standard InChI is InChI=1S/C18H14FN5OS/c1-10(17(25)20-12-8-6-11(19)7-9-12)26-18-22-16-15(23-24-18)13-4-2-3-5-14(13)21-16/h2-10H,1H3,(H,20,25)(H,21,22,24). The molecular weight excluding hydrogens is 353 g/mol. The number of hydrogen-bond acceptors (Lipinski definition) is 5. The third-order valence-corrected chi connectivity index (χ3v) is 4.82. The summed E-state index contributed by atoms with van der Waals surface area (Å²) >= 11 is 1.21. The molecule has 2 heterocycles. The molecule has 0 radical (unpaired) electrons. The molecule has 0 bridgehead atoms. The van der Waals surface area contributed by atoms with E-state index in [0.29, 0.717) is 22.0 Å². The van der Waals surface area contributed by atoms with Crippen molar-refractivity contribution in [2.75, 3.05) is 5.32 Å². The van der Waals surface area contributed by atoms with Gasteiger partial charge in [-0.1, -0.05) is 30.0 Å². The van der Waals surface area contributed by atoms with Gasteiger partial charge in [-0.3, -0.25) is 4.79 Å². The van der Waals surface area contributed by atoms with Gasteiger partial charge in [-0.25, -0.2) is 9.37 Å². The van der Waals surface area contributed by atoms with Crippen molar-refractivity contribution in [1.29, 1.82) is 0 Å². The van der Waals surface area contributed by atoms with Crippen LogP contribution in [0.15, 0.2) is 53.7 Å². The molecule has 130 valence electrons. The summed E-state index contributed by atoms with van der Waals surface area (Å²) in [6, 6.07) is 13.4. The van der Waals surface area contributed by atoms with Crippen LogP contribution in [0.25, 0.3) is 22.1 Å². The number of para-hydroxylation sites is 1. The van der Waals surface area contributed by atoms with Crippen molar-refractivity contribution in [2.24, 2.45) is 0 Å². The number of nitrogens with one attached hydrogen (secondary N) is 2. The Labute approximate surface area is 152 Å². The topological polar surface area (TPSA) is 83.6 Å². The quantitative estimate of drug-likeness (QED) is 0.537. The van der Waals surface area contributed by atoms with Gasteiger partial charge in [-0.2, -0.15) is 0 Å². The summed E-state index contributed by atoms with van der Waals surface area (Å²) in [7, 11) is 0. The van der Waals surface area contributed by atoms with Gasteiger partial charge < -0.3 is 10.3 Å². The lowest BCUT2D eigenvalue weighted by Crippen LogP contribution is -2.22. The van der Waals surface area contributed by atoms with Gasteiger partial charge in [0.15, 0.2) is 5.65 Å². The number of carbonyl (C=O) groups is 1. The number of nitrogens with zero attached hydrogens (tertiary/aromatic N) is 3. The van der Waals surface area contributed by atoms with E-state index in [1.807, 2.05) is 24.3 Å². The Kier molecular flexibility index (Phi) is 4.26. The van der Waals surface area contributed by atoms with Crippen LogP contribution in [0, 0.1) is 5.82 Å². The summed E-state index contributed by atoms with van der Waals surface area (Å²) in [6.45, 7) is 1.75. The summed E-state index contributed by atoms with van der Waals surface area (Å²) in [5, 5.41) is 12.0. The zero-order chi connectivity index (χ0) is 18.1. The summed E-state index contributed by atoms with van der Waals surface area (Å²) < 4.78 is 12.9. The first-order valence-corrected chi connectivity index (χ1v) is 8.82. The van der Waals surface area contributed by atoms with Gasteiger partial charge in [0.25, 0.3) is 0 Å². The third kappa shape index (κ3) is 3.23. The lowest BCUT2D eigenvalue weighted by atomic mass is 10.2. The van der Waals surface area contributed by atoms with Gasteiger partial charge in [-0.15, -0.1) is 10.2 Å². The highest BCUT2D eigenvalue weighted by Gasteiger charge is 2.18. The van der Waals surface area contributed by atoms with Gasteiger partial charge in [0.2, 0.25) is 11.1 Å². The first-order chi connectivity index (χ1) is 12.6. The van der Waals surface area contributed by atoms with Crippen molar-refractivity contribution in [1.82, 2.24) is 20.2 Å². The minimum Gasteiger partial charge on any atom is -0.338 e. The molecule has 6 nitrogen and oxygen atoms in total. The lowest BCUT2D eigenvalue weighted by molar-refractivity contribution is -0.115. The average molecular weight is 367 g/mol. The van der Waals surface area contributed by atoms with Gasteiger partial charge >= 0.3 is 0 Å². The highest BCUT2D eigenvalue weighted by Crippen LogP contribution is 2.25. The molecular formula is C18H14FN5OS. The van der Waals surface area contributed by atoms with Crippen molar-refractivity contribution in [2.45, 2.75) is 17.3 Å². The smallest absolute Gasteiger partial charge is 0.237 e. The molecule has 2 aromatic heterocycles. The summed E-state index contributed by atoms with van der Waals surface area (Å²) in [4.78, 5) is 20.0. The Hall–Kier alpha value is -3.00. The monoisotopic (exact) mass is 367 g/mol. The predicted molar refractivity (Wildman–Crippen MR) is 99.5 cm³/mol. The summed E-state index contributed by atoms with van der Waals surface area (Å²) in [5.74, 6) is -0.571. The van der Waals surface area contributed by atoms with E-state index in [9.17, 15) is 9.18 Å². The SMILES string of the molecule is CC(Sc1nnc2c(n1)[nH]c1ccccc12)C(=O)Nc1ccc(F)cc1. The number of anilines is 1. The summed E-state index contributed by atoms with van der Waals surface area (Å²) in [5.41, 5.74) is 2.81. The first-order valence-electron chi connectivity index (χ1n) is 7.94. The van der Waals surface area contributed by atoms with Crippen LogP contribution in [0.5, 0.6) is 0 Å². The zero-order valence-corrected chi connectivity index (χ0v) is 14.5. The number of thioether (sulfide) groups is 1. The van der Waals surface area contributed by atoms with Crippen molar-refractivity contribution in [3.63, 3.8) is 0 Å². The number of hydrogen-bond donors (Lipinski definition) is 2. The van der Waals surface area contributed by atoms with Crippen LogP contribution in [0.3, 0.4) is 0 Å². The largest absolute Gasteiger partial charge is 0.338 e. The van der Waals surface area contributed by atoms with Crippen LogP contribution < -0.4 is 5.32 Å². The number of carbonyl (C=O) groups excluding carboxylic acids is 1. The molecule has 0 saturated heterocycles. The zero-order valence-electron chi connectivity index (χ0n) is 13.7. The minimum atomic E-state index is -0.441. The van der Waals surface area contributed by atoms with E-state index in [-0.39, 0.29) is 11.7 Å². The molecule has 26 heavy (non-hydrogen) atoms. The number of H-pyrrole nitrogens is 1. The molecule has 0 aliphatic heterocycles. The van der Waals surface area contributed by atoms with Gasteiger partial charge in [0.1, 0.15) is 11.3 Å².